The van der Waals surface area contributed by atoms with Crippen molar-refractivity contribution in [2.75, 3.05) is 0 Å². The molecule has 2 aliphatic carbocycles. The second kappa shape index (κ2) is 5.92. The highest BCUT2D eigenvalue weighted by Crippen LogP contribution is 2.56. The first kappa shape index (κ1) is 15.7. The van der Waals surface area contributed by atoms with Crippen LogP contribution in [0, 0.1) is 5.92 Å². The quantitative estimate of drug-likeness (QED) is 0.593. The Labute approximate surface area is 150 Å². The molecule has 4 rings (SSSR count). The summed E-state index contributed by atoms with van der Waals surface area (Å²) in [6.45, 7) is 8.75. The summed E-state index contributed by atoms with van der Waals surface area (Å²) in [6, 6.07) is 21.6. The topological polar surface area (TPSA) is 0 Å². The smallest absolute Gasteiger partial charge is 0.0716 e. The molecule has 0 amide bonds. The predicted octanol–water partition coefficient (Wildman–Crippen LogP) is 6.15. The van der Waals surface area contributed by atoms with Gasteiger partial charge in [-0.15, -0.1) is 5.73 Å². The van der Waals surface area contributed by atoms with E-state index < -0.39 is 0 Å². The Morgan fingerprint density at radius 1 is 0.880 bits per heavy atom. The Kier molecular flexibility index (Phi) is 3.71. The fourth-order valence-electron chi connectivity index (χ4n) is 4.44. The van der Waals surface area contributed by atoms with Crippen LogP contribution < -0.4 is 0 Å². The lowest BCUT2D eigenvalue weighted by Gasteiger charge is -2.35. The SMILES string of the molecule is C=CC1=C(C(C)C)C2=C(C=C=C2)C1(c1ccccc1)c1ccccc1. The molecule has 0 heterocycles. The van der Waals surface area contributed by atoms with Crippen LogP contribution in [-0.2, 0) is 5.41 Å². The van der Waals surface area contributed by atoms with Gasteiger partial charge in [0.05, 0.1) is 5.41 Å². The van der Waals surface area contributed by atoms with Crippen LogP contribution in [-0.4, -0.2) is 0 Å². The normalized spacial score (nSPS) is 17.6. The van der Waals surface area contributed by atoms with Crippen LogP contribution in [0.15, 0.2) is 113 Å². The molecule has 2 aromatic rings. The third-order valence-electron chi connectivity index (χ3n) is 5.33. The van der Waals surface area contributed by atoms with E-state index in [1.165, 1.54) is 33.4 Å². The van der Waals surface area contributed by atoms with Crippen molar-refractivity contribution in [2.24, 2.45) is 5.92 Å². The molecule has 25 heavy (non-hydrogen) atoms. The minimum absolute atomic E-state index is 0.306. The van der Waals surface area contributed by atoms with E-state index in [4.69, 9.17) is 0 Å². The van der Waals surface area contributed by atoms with Gasteiger partial charge in [-0.2, -0.15) is 0 Å². The van der Waals surface area contributed by atoms with Crippen molar-refractivity contribution < 1.29 is 0 Å². The lowest BCUT2D eigenvalue weighted by Crippen LogP contribution is -2.29. The Morgan fingerprint density at radius 3 is 1.92 bits per heavy atom. The zero-order chi connectivity index (χ0) is 17.4. The van der Waals surface area contributed by atoms with Crippen LogP contribution >= 0.6 is 0 Å². The lowest BCUT2D eigenvalue weighted by atomic mass is 9.66. The Morgan fingerprint density at radius 2 is 1.44 bits per heavy atom. The number of hydrogen-bond acceptors (Lipinski definition) is 0. The van der Waals surface area contributed by atoms with E-state index in [1.54, 1.807) is 0 Å². The van der Waals surface area contributed by atoms with Crippen molar-refractivity contribution >= 4 is 0 Å². The van der Waals surface area contributed by atoms with E-state index in [2.05, 4.69) is 105 Å². The third kappa shape index (κ3) is 2.08. The van der Waals surface area contributed by atoms with E-state index >= 15 is 0 Å². The number of allylic oxidation sites excluding steroid dienone is 6. The van der Waals surface area contributed by atoms with Crippen LogP contribution in [0.25, 0.3) is 0 Å². The summed E-state index contributed by atoms with van der Waals surface area (Å²) in [5, 5.41) is 0. The summed E-state index contributed by atoms with van der Waals surface area (Å²) in [5.74, 6) is 0.428. The van der Waals surface area contributed by atoms with Crippen LogP contribution in [0.4, 0.5) is 0 Å². The molecule has 0 unspecified atom stereocenters. The molecule has 122 valence electrons. The van der Waals surface area contributed by atoms with E-state index in [1.807, 2.05) is 0 Å². The van der Waals surface area contributed by atoms with Crippen molar-refractivity contribution in [1.82, 2.24) is 0 Å². The van der Waals surface area contributed by atoms with Gasteiger partial charge in [-0.25, -0.2) is 0 Å². The molecule has 0 atom stereocenters. The van der Waals surface area contributed by atoms with Gasteiger partial charge in [0.1, 0.15) is 0 Å². The van der Waals surface area contributed by atoms with Crippen LogP contribution in [0.5, 0.6) is 0 Å². The molecule has 0 fully saturated rings. The second-order valence-corrected chi connectivity index (χ2v) is 6.95. The minimum atomic E-state index is -0.306. The average molecular weight is 322 g/mol. The molecule has 2 aliphatic rings. The first-order valence-electron chi connectivity index (χ1n) is 8.87. The van der Waals surface area contributed by atoms with Gasteiger partial charge in [0, 0.05) is 0 Å². The zero-order valence-corrected chi connectivity index (χ0v) is 14.8. The van der Waals surface area contributed by atoms with Gasteiger partial charge < -0.3 is 0 Å². The third-order valence-corrected chi connectivity index (χ3v) is 5.33. The molecule has 0 saturated carbocycles. The van der Waals surface area contributed by atoms with Gasteiger partial charge in [-0.05, 0) is 51.5 Å². The van der Waals surface area contributed by atoms with Gasteiger partial charge in [0.15, 0.2) is 0 Å². The zero-order valence-electron chi connectivity index (χ0n) is 14.8. The molecule has 0 bridgehead atoms. The summed E-state index contributed by atoms with van der Waals surface area (Å²) >= 11 is 0. The highest BCUT2D eigenvalue weighted by molar-refractivity contribution is 5.76. The largest absolute Gasteiger partial charge is 0.120 e. The van der Waals surface area contributed by atoms with Gasteiger partial charge in [0.2, 0.25) is 0 Å². The predicted molar refractivity (Wildman–Crippen MR) is 105 cm³/mol. The maximum Gasteiger partial charge on any atom is 0.0716 e. The summed E-state index contributed by atoms with van der Waals surface area (Å²) in [4.78, 5) is 0. The van der Waals surface area contributed by atoms with E-state index in [0.717, 1.165) is 0 Å². The van der Waals surface area contributed by atoms with Gasteiger partial charge in [-0.3, -0.25) is 0 Å². The van der Waals surface area contributed by atoms with E-state index in [-0.39, 0.29) is 5.41 Å². The van der Waals surface area contributed by atoms with Gasteiger partial charge in [0.25, 0.3) is 0 Å². The van der Waals surface area contributed by atoms with Crippen LogP contribution in [0.1, 0.15) is 25.0 Å². The maximum atomic E-state index is 4.22. The fraction of sp³-hybridized carbons (Fsp3) is 0.160. The molecule has 0 saturated heterocycles. The van der Waals surface area contributed by atoms with Crippen molar-refractivity contribution in [3.05, 3.63) is 125 Å². The van der Waals surface area contributed by atoms with Crippen LogP contribution in [0.2, 0.25) is 0 Å². The molecule has 0 radical (unpaired) electrons. The molecular formula is C25H22. The van der Waals surface area contributed by atoms with Crippen molar-refractivity contribution in [2.45, 2.75) is 19.3 Å². The highest BCUT2D eigenvalue weighted by Gasteiger charge is 2.48. The minimum Gasteiger partial charge on any atom is -0.120 e. The van der Waals surface area contributed by atoms with Crippen molar-refractivity contribution in [3.63, 3.8) is 0 Å². The molecule has 2 aromatic carbocycles. The number of benzene rings is 2. The van der Waals surface area contributed by atoms with E-state index in [0.29, 0.717) is 5.92 Å². The van der Waals surface area contributed by atoms with Crippen LogP contribution in [0.3, 0.4) is 0 Å². The Balaban J connectivity index is 2.15. The summed E-state index contributed by atoms with van der Waals surface area (Å²) in [6.07, 6.45) is 6.37. The molecule has 0 aliphatic heterocycles. The Bertz CT molecular complexity index is 904. The summed E-state index contributed by atoms with van der Waals surface area (Å²) in [5.41, 5.74) is 11.0. The maximum absolute atomic E-state index is 4.22. The molecule has 0 N–H and O–H groups in total. The molecular weight excluding hydrogens is 300 g/mol. The van der Waals surface area contributed by atoms with Gasteiger partial charge in [-0.1, -0.05) is 87.2 Å². The molecule has 0 spiro atoms. The first-order valence-corrected chi connectivity index (χ1v) is 8.87. The fourth-order valence-corrected chi connectivity index (χ4v) is 4.44. The monoisotopic (exact) mass is 322 g/mol. The summed E-state index contributed by atoms with van der Waals surface area (Å²) < 4.78 is 0. The lowest BCUT2D eigenvalue weighted by molar-refractivity contribution is 0.729. The molecule has 0 nitrogen and oxygen atoms in total. The number of rotatable bonds is 4. The Hall–Kier alpha value is -2.82. The first-order chi connectivity index (χ1) is 12.2. The average Bonchev–Trinajstić information content (AvgIpc) is 3.22. The number of hydrogen-bond donors (Lipinski definition) is 0. The van der Waals surface area contributed by atoms with Crippen molar-refractivity contribution in [3.8, 4) is 0 Å². The standard InChI is InChI=1S/C25H22/c1-4-22-24(18(2)3)21-16-11-17-23(21)25(22,19-12-7-5-8-13-19)20-14-9-6-10-15-20/h4-10,12-18H,1H2,2-3H3. The van der Waals surface area contributed by atoms with Gasteiger partial charge >= 0.3 is 0 Å². The van der Waals surface area contributed by atoms with Crippen molar-refractivity contribution in [1.29, 1.82) is 0 Å². The second-order valence-electron chi connectivity index (χ2n) is 6.95. The highest BCUT2D eigenvalue weighted by atomic mass is 14.5. The molecule has 0 aromatic heterocycles. The molecule has 0 heteroatoms. The summed E-state index contributed by atoms with van der Waals surface area (Å²) in [7, 11) is 0. The van der Waals surface area contributed by atoms with E-state index in [9.17, 15) is 0 Å².